The molecule has 9 heavy (non-hydrogen) atoms. The smallest absolute Gasteiger partial charge is 0.00205 e. The Morgan fingerprint density at radius 2 is 2.33 bits per heavy atom. The molecule has 0 aromatic rings. The van der Waals surface area contributed by atoms with E-state index in [0.29, 0.717) is 0 Å². The molecule has 1 atom stereocenters. The first-order valence-corrected chi connectivity index (χ1v) is 3.93. The molecule has 1 fully saturated rings. The van der Waals surface area contributed by atoms with Gasteiger partial charge in [0.1, 0.15) is 0 Å². The second kappa shape index (κ2) is 3.89. The van der Waals surface area contributed by atoms with Gasteiger partial charge < -0.3 is 5.32 Å². The number of nitrogens with one attached hydrogen (secondary N) is 1. The minimum atomic E-state index is 0.854. The summed E-state index contributed by atoms with van der Waals surface area (Å²) in [5.74, 6) is 0.854. The van der Waals surface area contributed by atoms with E-state index in [1.807, 2.05) is 0 Å². The van der Waals surface area contributed by atoms with Crippen molar-refractivity contribution in [3.05, 3.63) is 6.92 Å². The number of hydrogen-bond donors (Lipinski definition) is 1. The lowest BCUT2D eigenvalue weighted by molar-refractivity contribution is 0.484. The molecular formula is C8H16N. The summed E-state index contributed by atoms with van der Waals surface area (Å²) < 4.78 is 0. The highest BCUT2D eigenvalue weighted by atomic mass is 14.9. The van der Waals surface area contributed by atoms with Crippen molar-refractivity contribution < 1.29 is 0 Å². The van der Waals surface area contributed by atoms with Gasteiger partial charge in [-0.1, -0.05) is 13.3 Å². The van der Waals surface area contributed by atoms with E-state index in [9.17, 15) is 0 Å². The Labute approximate surface area is 57.8 Å². The minimum Gasteiger partial charge on any atom is -0.316 e. The fourth-order valence-corrected chi connectivity index (χ4v) is 1.34. The first-order valence-electron chi connectivity index (χ1n) is 3.93. The van der Waals surface area contributed by atoms with Crippen LogP contribution in [-0.4, -0.2) is 13.1 Å². The molecule has 1 saturated heterocycles. The molecule has 1 aliphatic heterocycles. The van der Waals surface area contributed by atoms with Crippen LogP contribution in [-0.2, 0) is 0 Å². The lowest BCUT2D eigenvalue weighted by Gasteiger charge is -2.09. The highest BCUT2D eigenvalue weighted by Gasteiger charge is 2.07. The maximum atomic E-state index is 3.91. The molecule has 0 aliphatic carbocycles. The Bertz CT molecular complexity index is 63.0. The zero-order chi connectivity index (χ0) is 6.53. The zero-order valence-corrected chi connectivity index (χ0v) is 6.03. The lowest BCUT2D eigenvalue weighted by Crippen LogP contribution is -2.19. The van der Waals surface area contributed by atoms with Crippen molar-refractivity contribution >= 4 is 0 Å². The van der Waals surface area contributed by atoms with Gasteiger partial charge in [0.2, 0.25) is 0 Å². The fraction of sp³-hybridized carbons (Fsp3) is 0.875. The molecule has 0 saturated carbocycles. The summed E-state index contributed by atoms with van der Waals surface area (Å²) in [5.41, 5.74) is 0. The van der Waals surface area contributed by atoms with Crippen molar-refractivity contribution in [2.24, 2.45) is 5.92 Å². The molecule has 53 valence electrons. The third kappa shape index (κ3) is 2.35. The van der Waals surface area contributed by atoms with Crippen LogP contribution in [0.1, 0.15) is 25.7 Å². The topological polar surface area (TPSA) is 12.0 Å². The molecule has 0 amide bonds. The molecule has 1 nitrogen and oxygen atoms in total. The van der Waals surface area contributed by atoms with Gasteiger partial charge in [0.05, 0.1) is 0 Å². The predicted octanol–water partition coefficient (Wildman–Crippen LogP) is 1.60. The highest BCUT2D eigenvalue weighted by molar-refractivity contribution is 4.67. The van der Waals surface area contributed by atoms with Crippen LogP contribution in [0.3, 0.4) is 0 Å². The van der Waals surface area contributed by atoms with Crippen molar-refractivity contribution in [2.45, 2.75) is 25.7 Å². The van der Waals surface area contributed by atoms with E-state index in [2.05, 4.69) is 12.2 Å². The first-order chi connectivity index (χ1) is 4.43. The van der Waals surface area contributed by atoms with Gasteiger partial charge in [0, 0.05) is 0 Å². The van der Waals surface area contributed by atoms with Crippen molar-refractivity contribution in [1.82, 2.24) is 5.32 Å². The SMILES string of the molecule is [CH2]CC1CCCCNC1. The summed E-state index contributed by atoms with van der Waals surface area (Å²) in [6.07, 6.45) is 5.24. The third-order valence-electron chi connectivity index (χ3n) is 2.06. The Morgan fingerprint density at radius 1 is 1.44 bits per heavy atom. The highest BCUT2D eigenvalue weighted by Crippen LogP contribution is 2.13. The van der Waals surface area contributed by atoms with Crippen LogP contribution in [0.15, 0.2) is 0 Å². The summed E-state index contributed by atoms with van der Waals surface area (Å²) in [4.78, 5) is 0. The van der Waals surface area contributed by atoms with Crippen molar-refractivity contribution in [3.8, 4) is 0 Å². The van der Waals surface area contributed by atoms with Crippen LogP contribution in [0.4, 0.5) is 0 Å². The monoisotopic (exact) mass is 126 g/mol. The molecule has 1 rings (SSSR count). The molecule has 1 N–H and O–H groups in total. The average Bonchev–Trinajstić information content (AvgIpc) is 2.13. The van der Waals surface area contributed by atoms with Gasteiger partial charge in [-0.25, -0.2) is 0 Å². The van der Waals surface area contributed by atoms with Crippen LogP contribution < -0.4 is 5.32 Å². The van der Waals surface area contributed by atoms with E-state index in [-0.39, 0.29) is 0 Å². The Kier molecular flexibility index (Phi) is 3.05. The maximum absolute atomic E-state index is 3.91. The van der Waals surface area contributed by atoms with Crippen molar-refractivity contribution in [2.75, 3.05) is 13.1 Å². The largest absolute Gasteiger partial charge is 0.316 e. The first kappa shape index (κ1) is 7.07. The number of rotatable bonds is 1. The molecule has 0 spiro atoms. The molecule has 1 radical (unpaired) electrons. The van der Waals surface area contributed by atoms with Crippen LogP contribution >= 0.6 is 0 Å². The molecule has 0 aromatic heterocycles. The van der Waals surface area contributed by atoms with E-state index in [4.69, 9.17) is 0 Å². The molecule has 0 bridgehead atoms. The quantitative estimate of drug-likeness (QED) is 0.562. The van der Waals surface area contributed by atoms with E-state index < -0.39 is 0 Å². The van der Waals surface area contributed by atoms with Crippen LogP contribution in [0.2, 0.25) is 0 Å². The Morgan fingerprint density at radius 3 is 3.11 bits per heavy atom. The van der Waals surface area contributed by atoms with Gasteiger partial charge in [-0.05, 0) is 38.3 Å². The molecule has 0 aromatic carbocycles. The molecular weight excluding hydrogens is 110 g/mol. The molecule has 1 aliphatic rings. The van der Waals surface area contributed by atoms with E-state index >= 15 is 0 Å². The van der Waals surface area contributed by atoms with Crippen LogP contribution in [0.25, 0.3) is 0 Å². The summed E-state index contributed by atoms with van der Waals surface area (Å²) in [6, 6.07) is 0. The maximum Gasteiger partial charge on any atom is -0.00205 e. The predicted molar refractivity (Wildman–Crippen MR) is 40.2 cm³/mol. The van der Waals surface area contributed by atoms with Crippen LogP contribution in [0, 0.1) is 12.8 Å². The van der Waals surface area contributed by atoms with E-state index in [1.165, 1.54) is 32.4 Å². The van der Waals surface area contributed by atoms with Gasteiger partial charge in [0.15, 0.2) is 0 Å². The summed E-state index contributed by atoms with van der Waals surface area (Å²) in [7, 11) is 0. The fourth-order valence-electron chi connectivity index (χ4n) is 1.34. The molecule has 1 heteroatoms. The van der Waals surface area contributed by atoms with Crippen LogP contribution in [0.5, 0.6) is 0 Å². The van der Waals surface area contributed by atoms with Crippen molar-refractivity contribution in [1.29, 1.82) is 0 Å². The minimum absolute atomic E-state index is 0.854. The Balaban J connectivity index is 2.18. The van der Waals surface area contributed by atoms with Gasteiger partial charge in [-0.15, -0.1) is 0 Å². The van der Waals surface area contributed by atoms with Gasteiger partial charge in [0.25, 0.3) is 0 Å². The van der Waals surface area contributed by atoms with E-state index in [1.54, 1.807) is 0 Å². The average molecular weight is 126 g/mol. The van der Waals surface area contributed by atoms with Crippen molar-refractivity contribution in [3.63, 3.8) is 0 Å². The molecule has 1 heterocycles. The van der Waals surface area contributed by atoms with E-state index in [0.717, 1.165) is 12.3 Å². The third-order valence-corrected chi connectivity index (χ3v) is 2.06. The summed E-state index contributed by atoms with van der Waals surface area (Å²) in [6.45, 7) is 6.33. The summed E-state index contributed by atoms with van der Waals surface area (Å²) in [5, 5.41) is 3.41. The standard InChI is InChI=1S/C8H16N/c1-2-8-5-3-4-6-9-7-8/h8-9H,1-7H2. The lowest BCUT2D eigenvalue weighted by atomic mass is 10.0. The second-order valence-electron chi connectivity index (χ2n) is 2.85. The second-order valence-corrected chi connectivity index (χ2v) is 2.85. The number of hydrogen-bond acceptors (Lipinski definition) is 1. The van der Waals surface area contributed by atoms with Gasteiger partial charge in [-0.2, -0.15) is 0 Å². The zero-order valence-electron chi connectivity index (χ0n) is 6.03. The van der Waals surface area contributed by atoms with Gasteiger partial charge in [-0.3, -0.25) is 0 Å². The van der Waals surface area contributed by atoms with Gasteiger partial charge >= 0.3 is 0 Å². The Hall–Kier alpha value is -0.0400. The normalized spacial score (nSPS) is 29.7. The summed E-state index contributed by atoms with van der Waals surface area (Å²) >= 11 is 0. The molecule has 1 unspecified atom stereocenters.